The summed E-state index contributed by atoms with van der Waals surface area (Å²) >= 11 is 1.62. The van der Waals surface area contributed by atoms with Crippen molar-refractivity contribution in [1.29, 1.82) is 0 Å². The van der Waals surface area contributed by atoms with E-state index in [2.05, 4.69) is 20.5 Å². The van der Waals surface area contributed by atoms with Crippen molar-refractivity contribution in [1.82, 2.24) is 15.2 Å². The van der Waals surface area contributed by atoms with E-state index in [0.29, 0.717) is 18.8 Å². The van der Waals surface area contributed by atoms with Crippen LogP contribution in [0, 0.1) is 13.8 Å². The largest absolute Gasteiger partial charge is 0.435 e. The van der Waals surface area contributed by atoms with Crippen molar-refractivity contribution < 1.29 is 13.2 Å². The maximum Gasteiger partial charge on any atom is 0.435 e. The molecule has 0 amide bonds. The Balaban J connectivity index is 1.88. The van der Waals surface area contributed by atoms with Crippen LogP contribution in [0.1, 0.15) is 21.3 Å². The van der Waals surface area contributed by atoms with E-state index in [4.69, 9.17) is 0 Å². The van der Waals surface area contributed by atoms with Gasteiger partial charge in [0.2, 0.25) is 0 Å². The van der Waals surface area contributed by atoms with Crippen LogP contribution in [-0.4, -0.2) is 21.7 Å². The van der Waals surface area contributed by atoms with E-state index in [9.17, 15) is 13.2 Å². The van der Waals surface area contributed by atoms with Gasteiger partial charge >= 0.3 is 6.18 Å². The summed E-state index contributed by atoms with van der Waals surface area (Å²) in [5.41, 5.74) is 0.0218. The first-order chi connectivity index (χ1) is 9.36. The molecular formula is C12H13F3N4S. The number of rotatable bonds is 4. The van der Waals surface area contributed by atoms with Gasteiger partial charge in [0.1, 0.15) is 5.82 Å². The molecule has 0 aliphatic rings. The summed E-state index contributed by atoms with van der Waals surface area (Å²) < 4.78 is 36.9. The second-order valence-electron chi connectivity index (χ2n) is 4.23. The first kappa shape index (κ1) is 14.7. The molecule has 0 aliphatic heterocycles. The number of nitrogens with one attached hydrogen (secondary N) is 1. The van der Waals surface area contributed by atoms with E-state index in [0.717, 1.165) is 16.8 Å². The zero-order chi connectivity index (χ0) is 14.8. The van der Waals surface area contributed by atoms with E-state index in [1.165, 1.54) is 10.9 Å². The van der Waals surface area contributed by atoms with Crippen LogP contribution >= 0.6 is 11.3 Å². The monoisotopic (exact) mass is 302 g/mol. The minimum absolute atomic E-state index is 0.322. The fourth-order valence-corrected chi connectivity index (χ4v) is 2.45. The molecule has 1 N–H and O–H groups in total. The standard InChI is InChI=1S/C12H13F3N4S/c1-7-8(2)20-11(17-7)5-6-16-10-4-3-9(18-19-10)12(13,14)15/h3-4H,5-6H2,1-2H3,(H,16,19). The van der Waals surface area contributed by atoms with Gasteiger partial charge in [-0.25, -0.2) is 4.98 Å². The number of aromatic nitrogens is 3. The molecule has 0 fully saturated rings. The molecule has 8 heteroatoms. The number of aryl methyl sites for hydroxylation is 2. The van der Waals surface area contributed by atoms with Crippen LogP contribution in [0.2, 0.25) is 0 Å². The van der Waals surface area contributed by atoms with Gasteiger partial charge in [-0.1, -0.05) is 0 Å². The highest BCUT2D eigenvalue weighted by atomic mass is 32.1. The number of anilines is 1. The number of hydrogen-bond donors (Lipinski definition) is 1. The Morgan fingerprint density at radius 1 is 1.20 bits per heavy atom. The van der Waals surface area contributed by atoms with E-state index < -0.39 is 11.9 Å². The molecule has 2 heterocycles. The van der Waals surface area contributed by atoms with Crippen molar-refractivity contribution in [2.75, 3.05) is 11.9 Å². The summed E-state index contributed by atoms with van der Waals surface area (Å²) in [7, 11) is 0. The van der Waals surface area contributed by atoms with Crippen LogP contribution in [0.4, 0.5) is 19.0 Å². The average Bonchev–Trinajstić information content (AvgIpc) is 2.68. The molecule has 2 rings (SSSR count). The Morgan fingerprint density at radius 3 is 2.45 bits per heavy atom. The highest BCUT2D eigenvalue weighted by molar-refractivity contribution is 7.11. The highest BCUT2D eigenvalue weighted by Crippen LogP contribution is 2.27. The van der Waals surface area contributed by atoms with Crippen LogP contribution in [0.15, 0.2) is 12.1 Å². The molecule has 20 heavy (non-hydrogen) atoms. The molecule has 2 aromatic rings. The maximum absolute atomic E-state index is 12.3. The Kier molecular flexibility index (Phi) is 4.22. The summed E-state index contributed by atoms with van der Waals surface area (Å²) in [5, 5.41) is 10.6. The normalized spacial score (nSPS) is 11.7. The van der Waals surface area contributed by atoms with Gasteiger partial charge in [0.05, 0.1) is 10.7 Å². The van der Waals surface area contributed by atoms with Crippen LogP contribution in [0.25, 0.3) is 0 Å². The predicted molar refractivity (Wildman–Crippen MR) is 70.8 cm³/mol. The molecule has 4 nitrogen and oxygen atoms in total. The summed E-state index contributed by atoms with van der Waals surface area (Å²) in [5.74, 6) is 0.322. The second kappa shape index (κ2) is 5.74. The van der Waals surface area contributed by atoms with E-state index >= 15 is 0 Å². The van der Waals surface area contributed by atoms with Crippen molar-refractivity contribution in [3.63, 3.8) is 0 Å². The summed E-state index contributed by atoms with van der Waals surface area (Å²) in [4.78, 5) is 5.56. The maximum atomic E-state index is 12.3. The lowest BCUT2D eigenvalue weighted by atomic mass is 10.3. The van der Waals surface area contributed by atoms with Gasteiger partial charge in [-0.2, -0.15) is 13.2 Å². The average molecular weight is 302 g/mol. The SMILES string of the molecule is Cc1nc(CCNc2ccc(C(F)(F)F)nn2)sc1C. The highest BCUT2D eigenvalue weighted by Gasteiger charge is 2.32. The molecule has 0 saturated carbocycles. The Bertz CT molecular complexity index is 558. The fourth-order valence-electron chi connectivity index (χ4n) is 1.52. The molecule has 0 radical (unpaired) electrons. The third-order valence-corrected chi connectivity index (χ3v) is 3.81. The van der Waals surface area contributed by atoms with Crippen molar-refractivity contribution in [3.8, 4) is 0 Å². The van der Waals surface area contributed by atoms with Crippen molar-refractivity contribution in [2.45, 2.75) is 26.4 Å². The lowest BCUT2D eigenvalue weighted by Crippen LogP contribution is -2.11. The van der Waals surface area contributed by atoms with Gasteiger partial charge in [-0.15, -0.1) is 21.5 Å². The first-order valence-corrected chi connectivity index (χ1v) is 6.75. The van der Waals surface area contributed by atoms with E-state index in [1.807, 2.05) is 13.8 Å². The van der Waals surface area contributed by atoms with Crippen LogP contribution < -0.4 is 5.32 Å². The lowest BCUT2D eigenvalue weighted by Gasteiger charge is -2.06. The van der Waals surface area contributed by atoms with Crippen molar-refractivity contribution in [3.05, 3.63) is 33.4 Å². The first-order valence-electron chi connectivity index (χ1n) is 5.94. The Hall–Kier alpha value is -1.70. The smallest absolute Gasteiger partial charge is 0.368 e. The predicted octanol–water partition coefficient (Wildman–Crippen LogP) is 3.22. The molecule has 0 aliphatic carbocycles. The molecule has 0 aromatic carbocycles. The Labute approximate surface area is 118 Å². The molecular weight excluding hydrogens is 289 g/mol. The molecule has 108 valence electrons. The topological polar surface area (TPSA) is 50.7 Å². The van der Waals surface area contributed by atoms with Gasteiger partial charge in [0.25, 0.3) is 0 Å². The van der Waals surface area contributed by atoms with Gasteiger partial charge < -0.3 is 5.32 Å². The van der Waals surface area contributed by atoms with Crippen LogP contribution in [0.3, 0.4) is 0 Å². The van der Waals surface area contributed by atoms with Gasteiger partial charge in [0.15, 0.2) is 5.69 Å². The zero-order valence-electron chi connectivity index (χ0n) is 11.0. The quantitative estimate of drug-likeness (QED) is 0.942. The third kappa shape index (κ3) is 3.66. The van der Waals surface area contributed by atoms with Crippen LogP contribution in [-0.2, 0) is 12.6 Å². The van der Waals surface area contributed by atoms with E-state index in [1.54, 1.807) is 11.3 Å². The number of hydrogen-bond acceptors (Lipinski definition) is 5. The number of halogens is 3. The second-order valence-corrected chi connectivity index (χ2v) is 5.52. The van der Waals surface area contributed by atoms with Gasteiger partial charge in [0, 0.05) is 17.8 Å². The summed E-state index contributed by atoms with van der Waals surface area (Å²) in [6.45, 7) is 4.50. The summed E-state index contributed by atoms with van der Waals surface area (Å²) in [6, 6.07) is 2.18. The van der Waals surface area contributed by atoms with Crippen molar-refractivity contribution >= 4 is 17.2 Å². The third-order valence-electron chi connectivity index (χ3n) is 2.67. The number of nitrogens with zero attached hydrogens (tertiary/aromatic N) is 3. The molecule has 0 bridgehead atoms. The molecule has 0 atom stereocenters. The Morgan fingerprint density at radius 2 is 1.95 bits per heavy atom. The molecule has 0 spiro atoms. The van der Waals surface area contributed by atoms with Gasteiger partial charge in [-0.05, 0) is 26.0 Å². The zero-order valence-corrected chi connectivity index (χ0v) is 11.8. The lowest BCUT2D eigenvalue weighted by molar-refractivity contribution is -0.141. The molecule has 2 aromatic heterocycles. The number of alkyl halides is 3. The number of thiazole rings is 1. The fraction of sp³-hybridized carbons (Fsp3) is 0.417. The van der Waals surface area contributed by atoms with E-state index in [-0.39, 0.29) is 0 Å². The molecule has 0 unspecified atom stereocenters. The molecule has 0 saturated heterocycles. The van der Waals surface area contributed by atoms with Crippen molar-refractivity contribution in [2.24, 2.45) is 0 Å². The summed E-state index contributed by atoms with van der Waals surface area (Å²) in [6.07, 6.45) is -3.76. The minimum Gasteiger partial charge on any atom is -0.368 e. The van der Waals surface area contributed by atoms with Crippen LogP contribution in [0.5, 0.6) is 0 Å². The minimum atomic E-state index is -4.46. The van der Waals surface area contributed by atoms with Gasteiger partial charge in [-0.3, -0.25) is 0 Å².